The van der Waals surface area contributed by atoms with E-state index in [-0.39, 0.29) is 17.1 Å². The van der Waals surface area contributed by atoms with E-state index in [9.17, 15) is 4.79 Å². The molecule has 0 bridgehead atoms. The zero-order valence-corrected chi connectivity index (χ0v) is 10.7. The van der Waals surface area contributed by atoms with Gasteiger partial charge in [0.2, 0.25) is 0 Å². The van der Waals surface area contributed by atoms with Crippen molar-refractivity contribution in [2.24, 2.45) is 11.3 Å². The van der Waals surface area contributed by atoms with Gasteiger partial charge in [0.25, 0.3) is 0 Å². The highest BCUT2D eigenvalue weighted by Gasteiger charge is 2.32. The maximum absolute atomic E-state index is 12.3. The lowest BCUT2D eigenvalue weighted by Gasteiger charge is -2.24. The number of rotatable bonds is 4. The molecule has 0 aromatic carbocycles. The number of aromatic nitrogens is 3. The molecule has 1 unspecified atom stereocenters. The van der Waals surface area contributed by atoms with Crippen LogP contribution in [-0.2, 0) is 4.79 Å². The van der Waals surface area contributed by atoms with Crippen LogP contribution in [0.3, 0.4) is 0 Å². The number of nitrogens with zero attached hydrogens (tertiary/aromatic N) is 2. The molecule has 1 heterocycles. The van der Waals surface area contributed by atoms with E-state index < -0.39 is 0 Å². The van der Waals surface area contributed by atoms with E-state index in [0.717, 1.165) is 6.42 Å². The van der Waals surface area contributed by atoms with Crippen molar-refractivity contribution in [3.8, 4) is 0 Å². The second-order valence-corrected chi connectivity index (χ2v) is 5.67. The number of carbonyl (C=O) groups is 1. The van der Waals surface area contributed by atoms with Crippen molar-refractivity contribution in [3.63, 3.8) is 0 Å². The standard InChI is InChI=1S/C12H21N3O/c1-8(2)6-9(10(16)12(3,4)5)11-13-7-14-15-11/h7-9H,6H2,1-5H3,(H,13,14,15). The van der Waals surface area contributed by atoms with Crippen LogP contribution in [0.4, 0.5) is 0 Å². The fourth-order valence-corrected chi connectivity index (χ4v) is 1.72. The molecule has 1 N–H and O–H groups in total. The number of carbonyl (C=O) groups excluding carboxylic acids is 1. The van der Waals surface area contributed by atoms with Crippen LogP contribution in [0.1, 0.15) is 52.8 Å². The second kappa shape index (κ2) is 4.76. The van der Waals surface area contributed by atoms with Crippen molar-refractivity contribution in [1.29, 1.82) is 0 Å². The smallest absolute Gasteiger partial charge is 0.148 e. The largest absolute Gasteiger partial charge is 0.298 e. The number of hydrogen-bond acceptors (Lipinski definition) is 3. The first-order valence-electron chi connectivity index (χ1n) is 5.72. The Morgan fingerprint density at radius 1 is 1.44 bits per heavy atom. The normalized spacial score (nSPS) is 14.1. The van der Waals surface area contributed by atoms with Gasteiger partial charge < -0.3 is 0 Å². The van der Waals surface area contributed by atoms with Gasteiger partial charge in [-0.3, -0.25) is 9.89 Å². The number of hydrogen-bond donors (Lipinski definition) is 1. The van der Waals surface area contributed by atoms with Crippen LogP contribution < -0.4 is 0 Å². The molecule has 0 radical (unpaired) electrons. The van der Waals surface area contributed by atoms with E-state index in [4.69, 9.17) is 0 Å². The molecular formula is C12H21N3O. The minimum absolute atomic E-state index is 0.164. The van der Waals surface area contributed by atoms with Gasteiger partial charge in [-0.05, 0) is 12.3 Å². The average molecular weight is 223 g/mol. The Hall–Kier alpha value is -1.19. The third-order valence-corrected chi connectivity index (χ3v) is 2.53. The first-order chi connectivity index (χ1) is 7.32. The maximum atomic E-state index is 12.3. The molecule has 1 aromatic heterocycles. The van der Waals surface area contributed by atoms with E-state index in [1.807, 2.05) is 20.8 Å². The summed E-state index contributed by atoms with van der Waals surface area (Å²) in [6.45, 7) is 10.1. The molecule has 1 atom stereocenters. The van der Waals surface area contributed by atoms with Crippen LogP contribution in [0, 0.1) is 11.3 Å². The molecule has 4 nitrogen and oxygen atoms in total. The molecule has 0 spiro atoms. The van der Waals surface area contributed by atoms with Gasteiger partial charge in [0.1, 0.15) is 17.9 Å². The van der Waals surface area contributed by atoms with Crippen molar-refractivity contribution in [2.45, 2.75) is 47.0 Å². The summed E-state index contributed by atoms with van der Waals surface area (Å²) in [5.74, 6) is 1.20. The second-order valence-electron chi connectivity index (χ2n) is 5.67. The summed E-state index contributed by atoms with van der Waals surface area (Å²) in [4.78, 5) is 16.4. The molecule has 4 heteroatoms. The third kappa shape index (κ3) is 3.15. The summed E-state index contributed by atoms with van der Waals surface area (Å²) in [5.41, 5.74) is -0.341. The Balaban J connectivity index is 2.93. The van der Waals surface area contributed by atoms with E-state index in [0.29, 0.717) is 11.7 Å². The highest BCUT2D eigenvalue weighted by molar-refractivity contribution is 5.89. The van der Waals surface area contributed by atoms with E-state index >= 15 is 0 Å². The lowest BCUT2D eigenvalue weighted by molar-refractivity contribution is -0.128. The summed E-state index contributed by atoms with van der Waals surface area (Å²) in [6, 6.07) is 0. The van der Waals surface area contributed by atoms with Gasteiger partial charge in [0.15, 0.2) is 0 Å². The summed E-state index contributed by atoms with van der Waals surface area (Å²) in [5, 5.41) is 6.64. The van der Waals surface area contributed by atoms with E-state index in [1.54, 1.807) is 0 Å². The molecule has 0 saturated heterocycles. The number of aromatic amines is 1. The summed E-state index contributed by atoms with van der Waals surface area (Å²) < 4.78 is 0. The third-order valence-electron chi connectivity index (χ3n) is 2.53. The quantitative estimate of drug-likeness (QED) is 0.853. The van der Waals surface area contributed by atoms with Crippen LogP contribution in [0.5, 0.6) is 0 Å². The molecule has 0 aliphatic rings. The molecule has 90 valence electrons. The molecule has 0 amide bonds. The first-order valence-corrected chi connectivity index (χ1v) is 5.72. The number of Topliss-reactive ketones (excluding diaryl/α,β-unsaturated/α-hetero) is 1. The topological polar surface area (TPSA) is 58.6 Å². The average Bonchev–Trinajstić information content (AvgIpc) is 2.63. The van der Waals surface area contributed by atoms with Gasteiger partial charge >= 0.3 is 0 Å². The molecule has 1 aromatic rings. The molecule has 0 saturated carbocycles. The van der Waals surface area contributed by atoms with Crippen molar-refractivity contribution < 1.29 is 4.79 Å². The van der Waals surface area contributed by atoms with Crippen LogP contribution in [-0.4, -0.2) is 21.0 Å². The van der Waals surface area contributed by atoms with Crippen molar-refractivity contribution in [3.05, 3.63) is 12.2 Å². The van der Waals surface area contributed by atoms with Crippen molar-refractivity contribution >= 4 is 5.78 Å². The Bertz CT molecular complexity index is 336. The van der Waals surface area contributed by atoms with Gasteiger partial charge in [-0.2, -0.15) is 5.10 Å². The zero-order chi connectivity index (χ0) is 12.3. The molecular weight excluding hydrogens is 202 g/mol. The highest BCUT2D eigenvalue weighted by Crippen LogP contribution is 2.30. The first kappa shape index (κ1) is 12.9. The lowest BCUT2D eigenvalue weighted by atomic mass is 9.79. The Morgan fingerprint density at radius 2 is 2.06 bits per heavy atom. The monoisotopic (exact) mass is 223 g/mol. The predicted molar refractivity (Wildman–Crippen MR) is 63.0 cm³/mol. The minimum atomic E-state index is -0.341. The Morgan fingerprint density at radius 3 is 2.44 bits per heavy atom. The summed E-state index contributed by atoms with van der Waals surface area (Å²) in [7, 11) is 0. The lowest BCUT2D eigenvalue weighted by Crippen LogP contribution is -2.28. The van der Waals surface area contributed by atoms with Gasteiger partial charge in [-0.1, -0.05) is 34.6 Å². The van der Waals surface area contributed by atoms with E-state index in [1.165, 1.54) is 6.33 Å². The summed E-state index contributed by atoms with van der Waals surface area (Å²) >= 11 is 0. The van der Waals surface area contributed by atoms with Crippen molar-refractivity contribution in [1.82, 2.24) is 15.2 Å². The predicted octanol–water partition coefficient (Wildman–Crippen LogP) is 2.55. The molecule has 16 heavy (non-hydrogen) atoms. The van der Waals surface area contributed by atoms with E-state index in [2.05, 4.69) is 29.0 Å². The van der Waals surface area contributed by atoms with Crippen LogP contribution in [0.2, 0.25) is 0 Å². The molecule has 0 aliphatic heterocycles. The van der Waals surface area contributed by atoms with Crippen molar-refractivity contribution in [2.75, 3.05) is 0 Å². The highest BCUT2D eigenvalue weighted by atomic mass is 16.1. The minimum Gasteiger partial charge on any atom is -0.298 e. The maximum Gasteiger partial charge on any atom is 0.148 e. The van der Waals surface area contributed by atoms with Crippen LogP contribution in [0.15, 0.2) is 6.33 Å². The molecule has 0 fully saturated rings. The summed E-state index contributed by atoms with van der Waals surface area (Å²) in [6.07, 6.45) is 2.27. The van der Waals surface area contributed by atoms with Crippen LogP contribution >= 0.6 is 0 Å². The Labute approximate surface area is 96.9 Å². The fourth-order valence-electron chi connectivity index (χ4n) is 1.72. The number of H-pyrrole nitrogens is 1. The van der Waals surface area contributed by atoms with Gasteiger partial charge in [0.05, 0.1) is 5.92 Å². The van der Waals surface area contributed by atoms with Crippen LogP contribution in [0.25, 0.3) is 0 Å². The molecule has 0 aliphatic carbocycles. The fraction of sp³-hybridized carbons (Fsp3) is 0.750. The van der Waals surface area contributed by atoms with Gasteiger partial charge in [-0.25, -0.2) is 4.98 Å². The SMILES string of the molecule is CC(C)CC(C(=O)C(C)(C)C)c1ncn[nH]1. The zero-order valence-electron chi connectivity index (χ0n) is 10.7. The Kier molecular flexibility index (Phi) is 3.83. The molecule has 1 rings (SSSR count). The number of nitrogens with one attached hydrogen (secondary N) is 1. The van der Waals surface area contributed by atoms with Gasteiger partial charge in [0, 0.05) is 5.41 Å². The van der Waals surface area contributed by atoms with Gasteiger partial charge in [-0.15, -0.1) is 0 Å². The number of ketones is 1.